The normalized spacial score (nSPS) is 15.3. The highest BCUT2D eigenvalue weighted by atomic mass is 35.5. The Hall–Kier alpha value is -1.79. The summed E-state index contributed by atoms with van der Waals surface area (Å²) >= 11 is 24.6. The van der Waals surface area contributed by atoms with E-state index >= 15 is 0 Å². The Labute approximate surface area is 200 Å². The molecule has 1 aliphatic rings. The lowest BCUT2D eigenvalue weighted by molar-refractivity contribution is -0.126. The summed E-state index contributed by atoms with van der Waals surface area (Å²) in [4.78, 5) is 40.5. The zero-order chi connectivity index (χ0) is 23.0. The van der Waals surface area contributed by atoms with Crippen molar-refractivity contribution in [2.45, 2.75) is 39.3 Å². The van der Waals surface area contributed by atoms with Crippen LogP contribution in [0.2, 0.25) is 20.1 Å². The monoisotopic (exact) mass is 500 g/mol. The van der Waals surface area contributed by atoms with Crippen molar-refractivity contribution in [3.05, 3.63) is 67.1 Å². The summed E-state index contributed by atoms with van der Waals surface area (Å²) in [5.74, 6) is -1.88. The maximum absolute atomic E-state index is 13.2. The quantitative estimate of drug-likeness (QED) is 0.291. The summed E-state index contributed by atoms with van der Waals surface area (Å²) in [7, 11) is 0. The van der Waals surface area contributed by atoms with Crippen LogP contribution in [0.4, 0.5) is 0 Å². The molecule has 1 aliphatic heterocycles. The molecule has 164 valence electrons. The first-order valence-corrected chi connectivity index (χ1v) is 11.2. The number of nitrogens with zero attached hydrogens (tertiary/aromatic N) is 1. The fourth-order valence-electron chi connectivity index (χ4n) is 3.56. The first kappa shape index (κ1) is 23.9. The third-order valence-corrected chi connectivity index (χ3v) is 6.90. The van der Waals surface area contributed by atoms with Crippen molar-refractivity contribution in [2.75, 3.05) is 0 Å². The molecule has 2 aromatic rings. The Morgan fingerprint density at radius 2 is 1.35 bits per heavy atom. The number of imide groups is 1. The lowest BCUT2D eigenvalue weighted by atomic mass is 10.0. The largest absolute Gasteiger partial charge is 0.348 e. The van der Waals surface area contributed by atoms with Gasteiger partial charge in [-0.25, -0.2) is 0 Å². The number of carbonyl (C=O) groups is 3. The molecule has 0 aromatic heterocycles. The SMILES string of the molecule is CC(C)C[C@H](C(=O)N[C@@H](C)c1ccccc1)N1C(=O)c2c(Cl)c(Cl)c(Cl)c(Cl)c2C1=O. The minimum Gasteiger partial charge on any atom is -0.348 e. The van der Waals surface area contributed by atoms with Gasteiger partial charge >= 0.3 is 0 Å². The summed E-state index contributed by atoms with van der Waals surface area (Å²) in [5, 5.41) is 2.35. The number of halogens is 4. The van der Waals surface area contributed by atoms with E-state index in [-0.39, 0.29) is 49.6 Å². The van der Waals surface area contributed by atoms with Crippen molar-refractivity contribution in [3.63, 3.8) is 0 Å². The summed E-state index contributed by atoms with van der Waals surface area (Å²) in [6, 6.07) is 8.00. The van der Waals surface area contributed by atoms with E-state index < -0.39 is 23.8 Å². The predicted molar refractivity (Wildman–Crippen MR) is 123 cm³/mol. The van der Waals surface area contributed by atoms with Gasteiger partial charge in [0.1, 0.15) is 6.04 Å². The standard InChI is InChI=1S/C22H20Cl4N2O3/c1-10(2)9-13(20(29)27-11(3)12-7-5-4-6-8-12)28-21(30)14-15(22(28)31)17(24)19(26)18(25)16(14)23/h4-8,10-11,13H,9H2,1-3H3,(H,27,29)/t11-,13+/m0/s1. The fourth-order valence-corrected chi connectivity index (χ4v) is 4.57. The zero-order valence-corrected chi connectivity index (χ0v) is 20.0. The molecule has 0 radical (unpaired) electrons. The smallest absolute Gasteiger partial charge is 0.263 e. The third-order valence-electron chi connectivity index (χ3n) is 5.10. The first-order chi connectivity index (χ1) is 14.6. The lowest BCUT2D eigenvalue weighted by Gasteiger charge is -2.28. The third kappa shape index (κ3) is 4.42. The van der Waals surface area contributed by atoms with Crippen LogP contribution in [0.5, 0.6) is 0 Å². The number of fused-ring (bicyclic) bond motifs is 1. The number of hydrogen-bond donors (Lipinski definition) is 1. The van der Waals surface area contributed by atoms with E-state index in [4.69, 9.17) is 46.4 Å². The van der Waals surface area contributed by atoms with Gasteiger partial charge in [0.25, 0.3) is 11.8 Å². The first-order valence-electron chi connectivity index (χ1n) is 9.65. The minimum absolute atomic E-state index is 0.0187. The van der Waals surface area contributed by atoms with E-state index in [1.165, 1.54) is 0 Å². The van der Waals surface area contributed by atoms with Gasteiger partial charge in [0.15, 0.2) is 0 Å². The highest BCUT2D eigenvalue weighted by Crippen LogP contribution is 2.45. The Morgan fingerprint density at radius 3 is 1.81 bits per heavy atom. The average Bonchev–Trinajstić information content (AvgIpc) is 2.99. The van der Waals surface area contributed by atoms with Crippen molar-refractivity contribution in [1.29, 1.82) is 0 Å². The van der Waals surface area contributed by atoms with Gasteiger partial charge in [0, 0.05) is 0 Å². The highest BCUT2D eigenvalue weighted by Gasteiger charge is 2.46. The van der Waals surface area contributed by atoms with Crippen LogP contribution in [0.1, 0.15) is 59.5 Å². The van der Waals surface area contributed by atoms with Gasteiger partial charge in [-0.3, -0.25) is 19.3 Å². The molecule has 0 unspecified atom stereocenters. The number of rotatable bonds is 6. The second-order valence-corrected chi connectivity index (χ2v) is 9.28. The molecule has 9 heteroatoms. The van der Waals surface area contributed by atoms with Gasteiger partial charge in [-0.15, -0.1) is 0 Å². The molecular weight excluding hydrogens is 482 g/mol. The molecule has 1 N–H and O–H groups in total. The Kier molecular flexibility index (Phi) is 7.21. The van der Waals surface area contributed by atoms with Crippen molar-refractivity contribution < 1.29 is 14.4 Å². The molecule has 5 nitrogen and oxygen atoms in total. The molecule has 31 heavy (non-hydrogen) atoms. The molecular formula is C22H20Cl4N2O3. The minimum atomic E-state index is -1.05. The van der Waals surface area contributed by atoms with Gasteiger partial charge in [-0.1, -0.05) is 90.6 Å². The van der Waals surface area contributed by atoms with Crippen molar-refractivity contribution >= 4 is 64.1 Å². The Morgan fingerprint density at radius 1 is 0.871 bits per heavy atom. The fraction of sp³-hybridized carbons (Fsp3) is 0.318. The average molecular weight is 502 g/mol. The number of hydrogen-bond acceptors (Lipinski definition) is 3. The Bertz CT molecular complexity index is 1010. The topological polar surface area (TPSA) is 66.5 Å². The maximum atomic E-state index is 13.2. The van der Waals surface area contributed by atoms with Crippen molar-refractivity contribution in [1.82, 2.24) is 10.2 Å². The predicted octanol–water partition coefficient (Wildman–Crippen LogP) is 6.19. The summed E-state index contributed by atoms with van der Waals surface area (Å²) in [6.45, 7) is 5.62. The van der Waals surface area contributed by atoms with Gasteiger partial charge in [0.2, 0.25) is 5.91 Å². The number of carbonyl (C=O) groups excluding carboxylic acids is 3. The molecule has 0 saturated heterocycles. The van der Waals surface area contributed by atoms with Crippen LogP contribution in [0.25, 0.3) is 0 Å². The molecule has 3 rings (SSSR count). The van der Waals surface area contributed by atoms with E-state index in [1.807, 2.05) is 51.1 Å². The van der Waals surface area contributed by atoms with Crippen LogP contribution in [-0.4, -0.2) is 28.7 Å². The van der Waals surface area contributed by atoms with Crippen LogP contribution in [0, 0.1) is 5.92 Å². The van der Waals surface area contributed by atoms with Crippen molar-refractivity contribution in [2.24, 2.45) is 5.92 Å². The molecule has 0 saturated carbocycles. The molecule has 0 fully saturated rings. The molecule has 0 spiro atoms. The van der Waals surface area contributed by atoms with Gasteiger partial charge in [-0.2, -0.15) is 0 Å². The van der Waals surface area contributed by atoms with Crippen LogP contribution < -0.4 is 5.32 Å². The highest BCUT2D eigenvalue weighted by molar-refractivity contribution is 6.55. The van der Waals surface area contributed by atoms with Crippen LogP contribution >= 0.6 is 46.4 Å². The second kappa shape index (κ2) is 9.37. The van der Waals surface area contributed by atoms with E-state index in [9.17, 15) is 14.4 Å². The van der Waals surface area contributed by atoms with E-state index in [2.05, 4.69) is 5.32 Å². The number of benzene rings is 2. The van der Waals surface area contributed by atoms with Crippen LogP contribution in [-0.2, 0) is 4.79 Å². The van der Waals surface area contributed by atoms with E-state index in [1.54, 1.807) is 0 Å². The second-order valence-electron chi connectivity index (χ2n) is 7.77. The molecule has 2 aromatic carbocycles. The molecule has 1 heterocycles. The summed E-state index contributed by atoms with van der Waals surface area (Å²) in [5.41, 5.74) is 0.624. The lowest BCUT2D eigenvalue weighted by Crippen LogP contribution is -2.50. The number of nitrogens with one attached hydrogen (secondary N) is 1. The van der Waals surface area contributed by atoms with E-state index in [0.29, 0.717) is 0 Å². The molecule has 0 aliphatic carbocycles. The van der Waals surface area contributed by atoms with Gasteiger partial charge in [0.05, 0.1) is 37.3 Å². The summed E-state index contributed by atoms with van der Waals surface area (Å²) in [6.07, 6.45) is 0.259. The maximum Gasteiger partial charge on any atom is 0.263 e. The molecule has 0 bridgehead atoms. The van der Waals surface area contributed by atoms with Gasteiger partial charge in [-0.05, 0) is 24.8 Å². The van der Waals surface area contributed by atoms with Crippen LogP contribution in [0.15, 0.2) is 30.3 Å². The molecule has 3 amide bonds. The van der Waals surface area contributed by atoms with Crippen molar-refractivity contribution in [3.8, 4) is 0 Å². The summed E-state index contributed by atoms with van der Waals surface area (Å²) < 4.78 is 0. The van der Waals surface area contributed by atoms with Gasteiger partial charge < -0.3 is 5.32 Å². The molecule has 2 atom stereocenters. The Balaban J connectivity index is 1.98. The number of amides is 3. The van der Waals surface area contributed by atoms with E-state index in [0.717, 1.165) is 10.5 Å². The zero-order valence-electron chi connectivity index (χ0n) is 17.0. The van der Waals surface area contributed by atoms with Crippen LogP contribution in [0.3, 0.4) is 0 Å².